The molecule has 2 heterocycles. The fourth-order valence-electron chi connectivity index (χ4n) is 2.74. The molecule has 0 fully saturated rings. The van der Waals surface area contributed by atoms with Crippen LogP contribution in [-0.4, -0.2) is 26.3 Å². The summed E-state index contributed by atoms with van der Waals surface area (Å²) in [7, 11) is -2.87. The summed E-state index contributed by atoms with van der Waals surface area (Å²) in [5.41, 5.74) is 2.34. The quantitative estimate of drug-likeness (QED) is 0.504. The molecular weight excluding hydrogens is 402 g/mol. The van der Waals surface area contributed by atoms with Crippen molar-refractivity contribution in [2.45, 2.75) is 4.90 Å². The summed E-state index contributed by atoms with van der Waals surface area (Å²) in [4.78, 5) is 30.9. The first-order valence-corrected chi connectivity index (χ1v) is 10.7. The molecule has 0 spiro atoms. The van der Waals surface area contributed by atoms with Crippen molar-refractivity contribution in [3.63, 3.8) is 0 Å². The molecule has 1 N–H and O–H groups in total. The lowest BCUT2D eigenvalue weighted by atomic mass is 10.1. The SMILES string of the molecule is CS(=O)(=NC(=O)c1cncc(C#Cc2ccc3oc(=O)[nH]c3c2)c1)c1ccccc1. The van der Waals surface area contributed by atoms with Crippen LogP contribution in [0.4, 0.5) is 0 Å². The smallest absolute Gasteiger partial charge is 0.408 e. The zero-order chi connectivity index (χ0) is 21.1. The monoisotopic (exact) mass is 417 g/mol. The number of hydrogen-bond acceptors (Lipinski definition) is 5. The van der Waals surface area contributed by atoms with Gasteiger partial charge in [0, 0.05) is 34.7 Å². The third kappa shape index (κ3) is 4.21. The van der Waals surface area contributed by atoms with Gasteiger partial charge in [-0.1, -0.05) is 30.0 Å². The number of aromatic nitrogens is 2. The van der Waals surface area contributed by atoms with Gasteiger partial charge in [-0.15, -0.1) is 0 Å². The van der Waals surface area contributed by atoms with E-state index in [1.165, 1.54) is 18.6 Å². The van der Waals surface area contributed by atoms with Gasteiger partial charge < -0.3 is 4.42 Å². The predicted molar refractivity (Wildman–Crippen MR) is 113 cm³/mol. The van der Waals surface area contributed by atoms with Crippen LogP contribution in [0.3, 0.4) is 0 Å². The van der Waals surface area contributed by atoms with Crippen LogP contribution in [0.25, 0.3) is 11.1 Å². The molecule has 4 rings (SSSR count). The highest BCUT2D eigenvalue weighted by atomic mass is 32.2. The van der Waals surface area contributed by atoms with Crippen molar-refractivity contribution in [3.8, 4) is 11.8 Å². The van der Waals surface area contributed by atoms with Gasteiger partial charge in [0.2, 0.25) is 0 Å². The normalized spacial score (nSPS) is 12.6. The minimum atomic E-state index is -2.87. The van der Waals surface area contributed by atoms with E-state index in [1.807, 2.05) is 0 Å². The van der Waals surface area contributed by atoms with E-state index in [-0.39, 0.29) is 5.56 Å². The maximum Gasteiger partial charge on any atom is 0.417 e. The number of carbonyl (C=O) groups is 1. The van der Waals surface area contributed by atoms with E-state index >= 15 is 0 Å². The molecule has 7 nitrogen and oxygen atoms in total. The van der Waals surface area contributed by atoms with E-state index in [0.717, 1.165) is 0 Å². The first-order chi connectivity index (χ1) is 14.4. The molecule has 0 aliphatic carbocycles. The Labute approximate surface area is 172 Å². The number of H-pyrrole nitrogens is 1. The molecule has 0 aliphatic heterocycles. The van der Waals surface area contributed by atoms with Crippen LogP contribution in [0.15, 0.2) is 85.5 Å². The van der Waals surface area contributed by atoms with Gasteiger partial charge in [0.15, 0.2) is 5.58 Å². The van der Waals surface area contributed by atoms with Crippen molar-refractivity contribution in [2.24, 2.45) is 4.36 Å². The average molecular weight is 417 g/mol. The summed E-state index contributed by atoms with van der Waals surface area (Å²) in [6.07, 6.45) is 4.30. The number of amides is 1. The number of nitrogens with one attached hydrogen (secondary N) is 1. The van der Waals surface area contributed by atoms with Gasteiger partial charge >= 0.3 is 5.76 Å². The molecule has 1 unspecified atom stereocenters. The second-order valence-electron chi connectivity index (χ2n) is 6.45. The Hall–Kier alpha value is -3.96. The zero-order valence-electron chi connectivity index (χ0n) is 15.8. The summed E-state index contributed by atoms with van der Waals surface area (Å²) in [6.45, 7) is 0. The molecule has 0 saturated heterocycles. The van der Waals surface area contributed by atoms with E-state index in [2.05, 4.69) is 26.2 Å². The topological polar surface area (TPSA) is 105 Å². The minimum absolute atomic E-state index is 0.196. The van der Waals surface area contributed by atoms with Crippen LogP contribution in [-0.2, 0) is 9.73 Å². The number of pyridine rings is 1. The van der Waals surface area contributed by atoms with Crippen molar-refractivity contribution < 1.29 is 13.4 Å². The molecule has 0 radical (unpaired) electrons. The first-order valence-electron chi connectivity index (χ1n) is 8.82. The van der Waals surface area contributed by atoms with E-state index < -0.39 is 21.4 Å². The van der Waals surface area contributed by atoms with Crippen molar-refractivity contribution in [1.29, 1.82) is 0 Å². The maximum atomic E-state index is 12.8. The Bertz CT molecular complexity index is 1500. The van der Waals surface area contributed by atoms with E-state index in [0.29, 0.717) is 27.1 Å². The fraction of sp³-hybridized carbons (Fsp3) is 0.0455. The third-order valence-electron chi connectivity index (χ3n) is 4.19. The van der Waals surface area contributed by atoms with Crippen molar-refractivity contribution in [1.82, 2.24) is 9.97 Å². The van der Waals surface area contributed by atoms with E-state index in [9.17, 15) is 13.8 Å². The molecule has 1 amide bonds. The second kappa shape index (κ2) is 7.81. The van der Waals surface area contributed by atoms with Crippen LogP contribution in [0.2, 0.25) is 0 Å². The Morgan fingerprint density at radius 1 is 1.07 bits per heavy atom. The van der Waals surface area contributed by atoms with Crippen molar-refractivity contribution in [2.75, 3.05) is 6.26 Å². The van der Waals surface area contributed by atoms with Crippen LogP contribution in [0.1, 0.15) is 21.5 Å². The number of oxazole rings is 1. The molecule has 1 atom stereocenters. The lowest BCUT2D eigenvalue weighted by Crippen LogP contribution is -2.04. The Morgan fingerprint density at radius 2 is 1.83 bits per heavy atom. The van der Waals surface area contributed by atoms with Crippen molar-refractivity contribution in [3.05, 3.63) is 94.2 Å². The van der Waals surface area contributed by atoms with E-state index in [4.69, 9.17) is 4.42 Å². The largest absolute Gasteiger partial charge is 0.417 e. The molecule has 0 bridgehead atoms. The van der Waals surface area contributed by atoms with Gasteiger partial charge in [0.25, 0.3) is 5.91 Å². The summed E-state index contributed by atoms with van der Waals surface area (Å²) in [5, 5.41) is 0. The molecule has 8 heteroatoms. The first kappa shape index (κ1) is 19.4. The minimum Gasteiger partial charge on any atom is -0.408 e. The molecule has 2 aromatic heterocycles. The van der Waals surface area contributed by atoms with Gasteiger partial charge in [0.1, 0.15) is 0 Å². The number of carbonyl (C=O) groups excluding carboxylic acids is 1. The molecule has 0 saturated carbocycles. The van der Waals surface area contributed by atoms with Gasteiger partial charge in [-0.3, -0.25) is 14.8 Å². The highest BCUT2D eigenvalue weighted by Crippen LogP contribution is 2.14. The Kier molecular flexibility index (Phi) is 5.04. The van der Waals surface area contributed by atoms with Crippen LogP contribution in [0, 0.1) is 11.8 Å². The maximum absolute atomic E-state index is 12.8. The van der Waals surface area contributed by atoms with Crippen LogP contribution in [0.5, 0.6) is 0 Å². The highest BCUT2D eigenvalue weighted by molar-refractivity contribution is 7.93. The summed E-state index contributed by atoms with van der Waals surface area (Å²) in [5.74, 6) is 4.72. The van der Waals surface area contributed by atoms with Gasteiger partial charge in [-0.25, -0.2) is 9.00 Å². The standard InChI is InChI=1S/C22H15N3O4S/c1-30(28,18-5-3-2-4-6-18)25-21(26)17-11-16(13-23-14-17)8-7-15-9-10-20-19(12-15)24-22(27)29-20/h2-6,9-14H,1H3,(H,24,27). The Balaban J connectivity index is 1.62. The van der Waals surface area contributed by atoms with Crippen LogP contribution >= 0.6 is 0 Å². The fourth-order valence-corrected chi connectivity index (χ4v) is 3.93. The number of fused-ring (bicyclic) bond motifs is 1. The lowest BCUT2D eigenvalue weighted by molar-refractivity contribution is 0.100. The van der Waals surface area contributed by atoms with E-state index in [1.54, 1.807) is 54.6 Å². The third-order valence-corrected chi connectivity index (χ3v) is 5.85. The number of nitrogens with zero attached hydrogens (tertiary/aromatic N) is 2. The summed E-state index contributed by atoms with van der Waals surface area (Å²) < 4.78 is 21.7. The molecule has 4 aromatic rings. The molecule has 30 heavy (non-hydrogen) atoms. The molecule has 2 aromatic carbocycles. The number of aromatic amines is 1. The highest BCUT2D eigenvalue weighted by Gasteiger charge is 2.11. The number of hydrogen-bond donors (Lipinski definition) is 1. The summed E-state index contributed by atoms with van der Waals surface area (Å²) in [6, 6.07) is 15.2. The lowest BCUT2D eigenvalue weighted by Gasteiger charge is -2.03. The molecular formula is C22H15N3O4S. The van der Waals surface area contributed by atoms with Gasteiger partial charge in [-0.2, -0.15) is 4.36 Å². The van der Waals surface area contributed by atoms with Gasteiger partial charge in [-0.05, 0) is 36.4 Å². The van der Waals surface area contributed by atoms with Gasteiger partial charge in [0.05, 0.1) is 20.8 Å². The number of rotatable bonds is 2. The van der Waals surface area contributed by atoms with Crippen LogP contribution < -0.4 is 5.76 Å². The second-order valence-corrected chi connectivity index (χ2v) is 8.71. The van der Waals surface area contributed by atoms with Crippen molar-refractivity contribution >= 4 is 26.7 Å². The zero-order valence-corrected chi connectivity index (χ0v) is 16.6. The Morgan fingerprint density at radius 3 is 2.63 bits per heavy atom. The predicted octanol–water partition coefficient (Wildman–Crippen LogP) is 3.21. The summed E-state index contributed by atoms with van der Waals surface area (Å²) >= 11 is 0. The molecule has 0 aliphatic rings. The molecule has 148 valence electrons. The number of benzene rings is 2. The average Bonchev–Trinajstić information content (AvgIpc) is 3.12.